The van der Waals surface area contributed by atoms with Gasteiger partial charge in [0.25, 0.3) is 0 Å². The highest BCUT2D eigenvalue weighted by atomic mass is 35.5. The summed E-state index contributed by atoms with van der Waals surface area (Å²) in [5, 5.41) is 0.667. The Morgan fingerprint density at radius 2 is 1.61 bits per heavy atom. The van der Waals surface area contributed by atoms with Gasteiger partial charge in [-0.15, -0.1) is 0 Å². The van der Waals surface area contributed by atoms with Crippen molar-refractivity contribution in [3.63, 3.8) is 0 Å². The Morgan fingerprint density at radius 1 is 1.09 bits per heavy atom. The third-order valence-electron chi connectivity index (χ3n) is 4.07. The summed E-state index contributed by atoms with van der Waals surface area (Å²) < 4.78 is 0. The highest BCUT2D eigenvalue weighted by molar-refractivity contribution is 6.30. The lowest BCUT2D eigenvalue weighted by Gasteiger charge is -2.35. The second kappa shape index (κ2) is 8.31. The lowest BCUT2D eigenvalue weighted by Crippen LogP contribution is -2.51. The van der Waals surface area contributed by atoms with E-state index in [9.17, 15) is 9.59 Å². The van der Waals surface area contributed by atoms with Crippen molar-refractivity contribution in [3.8, 4) is 0 Å². The fourth-order valence-electron chi connectivity index (χ4n) is 2.60. The number of nitrogens with two attached hydrogens (primary N) is 1. The lowest BCUT2D eigenvalue weighted by atomic mass is 10.1. The number of hydrogen-bond acceptors (Lipinski definition) is 3. The van der Waals surface area contributed by atoms with Crippen LogP contribution >= 0.6 is 11.6 Å². The van der Waals surface area contributed by atoms with Gasteiger partial charge in [-0.1, -0.05) is 23.7 Å². The minimum Gasteiger partial charge on any atom is -0.339 e. The number of hydrogen-bond donors (Lipinski definition) is 1. The number of piperazine rings is 1. The van der Waals surface area contributed by atoms with Gasteiger partial charge in [0, 0.05) is 43.7 Å². The second-order valence-corrected chi connectivity index (χ2v) is 6.52. The van der Waals surface area contributed by atoms with Crippen LogP contribution in [0.3, 0.4) is 0 Å². The molecule has 0 spiro atoms. The molecule has 2 amide bonds. The summed E-state index contributed by atoms with van der Waals surface area (Å²) in [4.78, 5) is 28.0. The predicted molar refractivity (Wildman–Crippen MR) is 91.2 cm³/mol. The second-order valence-electron chi connectivity index (χ2n) is 6.08. The number of carbonyl (C=O) groups excluding carboxylic acids is 2. The first-order valence-electron chi connectivity index (χ1n) is 8.01. The highest BCUT2D eigenvalue weighted by Crippen LogP contribution is 2.12. The number of amides is 2. The topological polar surface area (TPSA) is 66.6 Å². The van der Waals surface area contributed by atoms with Gasteiger partial charge in [-0.2, -0.15) is 0 Å². The standard InChI is InChI=1S/C17H24ClN3O2/c1-13(19)2-7-16(22)20-8-10-21(11-9-20)17(23)12-14-3-5-15(18)6-4-14/h3-6,13H,2,7-12,19H2,1H3. The first-order chi connectivity index (χ1) is 11.0. The van der Waals surface area contributed by atoms with E-state index in [4.69, 9.17) is 17.3 Å². The zero-order valence-corrected chi connectivity index (χ0v) is 14.3. The van der Waals surface area contributed by atoms with E-state index < -0.39 is 0 Å². The molecule has 0 aliphatic carbocycles. The zero-order valence-electron chi connectivity index (χ0n) is 13.5. The molecule has 0 saturated carbocycles. The predicted octanol–water partition coefficient (Wildman–Crippen LogP) is 1.68. The SMILES string of the molecule is CC(N)CCC(=O)N1CCN(C(=O)Cc2ccc(Cl)cc2)CC1. The van der Waals surface area contributed by atoms with Crippen molar-refractivity contribution in [2.45, 2.75) is 32.2 Å². The number of nitrogens with zero attached hydrogens (tertiary/aromatic N) is 2. The Balaban J connectivity index is 1.78. The van der Waals surface area contributed by atoms with E-state index in [1.54, 1.807) is 12.1 Å². The van der Waals surface area contributed by atoms with Gasteiger partial charge >= 0.3 is 0 Å². The lowest BCUT2D eigenvalue weighted by molar-refractivity contribution is -0.139. The van der Waals surface area contributed by atoms with Crippen LogP contribution in [-0.2, 0) is 16.0 Å². The third-order valence-corrected chi connectivity index (χ3v) is 4.32. The Labute approximate surface area is 142 Å². The average Bonchev–Trinajstić information content (AvgIpc) is 2.55. The van der Waals surface area contributed by atoms with E-state index in [1.165, 1.54) is 0 Å². The van der Waals surface area contributed by atoms with E-state index in [2.05, 4.69) is 0 Å². The molecule has 2 rings (SSSR count). The van der Waals surface area contributed by atoms with Gasteiger partial charge in [-0.25, -0.2) is 0 Å². The highest BCUT2D eigenvalue weighted by Gasteiger charge is 2.23. The molecule has 0 aromatic heterocycles. The van der Waals surface area contributed by atoms with Crippen molar-refractivity contribution in [1.82, 2.24) is 9.80 Å². The molecule has 126 valence electrons. The molecule has 0 bridgehead atoms. The maximum absolute atomic E-state index is 12.3. The maximum atomic E-state index is 12.3. The number of carbonyl (C=O) groups is 2. The summed E-state index contributed by atoms with van der Waals surface area (Å²) in [6, 6.07) is 7.36. The van der Waals surface area contributed by atoms with Crippen LogP contribution in [0.15, 0.2) is 24.3 Å². The summed E-state index contributed by atoms with van der Waals surface area (Å²) >= 11 is 5.85. The van der Waals surface area contributed by atoms with Crippen LogP contribution in [0.2, 0.25) is 5.02 Å². The van der Waals surface area contributed by atoms with E-state index in [0.29, 0.717) is 50.5 Å². The smallest absolute Gasteiger partial charge is 0.227 e. The number of benzene rings is 1. The van der Waals surface area contributed by atoms with Crippen LogP contribution in [0.25, 0.3) is 0 Å². The van der Waals surface area contributed by atoms with Crippen LogP contribution in [0.1, 0.15) is 25.3 Å². The molecule has 1 unspecified atom stereocenters. The Bertz CT molecular complexity index is 537. The minimum atomic E-state index is 0.0428. The normalized spacial score (nSPS) is 16.3. The Morgan fingerprint density at radius 3 is 2.13 bits per heavy atom. The minimum absolute atomic E-state index is 0.0428. The molecule has 5 nitrogen and oxygen atoms in total. The maximum Gasteiger partial charge on any atom is 0.227 e. The summed E-state index contributed by atoms with van der Waals surface area (Å²) in [5.74, 6) is 0.224. The van der Waals surface area contributed by atoms with Gasteiger partial charge in [0.15, 0.2) is 0 Å². The molecule has 2 N–H and O–H groups in total. The first kappa shape index (κ1) is 17.8. The Hall–Kier alpha value is -1.59. The molecular weight excluding hydrogens is 314 g/mol. The van der Waals surface area contributed by atoms with Gasteiger partial charge in [-0.05, 0) is 31.0 Å². The molecule has 1 aromatic rings. The molecule has 1 aliphatic rings. The van der Waals surface area contributed by atoms with Crippen molar-refractivity contribution in [2.75, 3.05) is 26.2 Å². The van der Waals surface area contributed by atoms with Crippen LogP contribution in [-0.4, -0.2) is 53.8 Å². The van der Waals surface area contributed by atoms with E-state index in [1.807, 2.05) is 28.9 Å². The number of halogens is 1. The van der Waals surface area contributed by atoms with Crippen molar-refractivity contribution >= 4 is 23.4 Å². The summed E-state index contributed by atoms with van der Waals surface area (Å²) in [6.45, 7) is 4.29. The van der Waals surface area contributed by atoms with Crippen LogP contribution < -0.4 is 5.73 Å². The van der Waals surface area contributed by atoms with Gasteiger partial charge in [0.2, 0.25) is 11.8 Å². The van der Waals surface area contributed by atoms with Gasteiger partial charge in [0.1, 0.15) is 0 Å². The van der Waals surface area contributed by atoms with Crippen molar-refractivity contribution < 1.29 is 9.59 Å². The van der Waals surface area contributed by atoms with Gasteiger partial charge < -0.3 is 15.5 Å². The van der Waals surface area contributed by atoms with Crippen LogP contribution in [0.5, 0.6) is 0 Å². The van der Waals surface area contributed by atoms with E-state index in [0.717, 1.165) is 5.56 Å². The fraction of sp³-hybridized carbons (Fsp3) is 0.529. The molecule has 1 atom stereocenters. The quantitative estimate of drug-likeness (QED) is 0.889. The zero-order chi connectivity index (χ0) is 16.8. The van der Waals surface area contributed by atoms with Gasteiger partial charge in [0.05, 0.1) is 6.42 Å². The summed E-state index contributed by atoms with van der Waals surface area (Å²) in [6.07, 6.45) is 1.56. The largest absolute Gasteiger partial charge is 0.339 e. The molecule has 0 radical (unpaired) electrons. The molecule has 1 heterocycles. The summed E-state index contributed by atoms with van der Waals surface area (Å²) in [5.41, 5.74) is 6.64. The third kappa shape index (κ3) is 5.52. The van der Waals surface area contributed by atoms with Gasteiger partial charge in [-0.3, -0.25) is 9.59 Å². The Kier molecular flexibility index (Phi) is 6.42. The molecule has 6 heteroatoms. The molecule has 1 aliphatic heterocycles. The molecule has 1 fully saturated rings. The molecule has 1 saturated heterocycles. The average molecular weight is 338 g/mol. The van der Waals surface area contributed by atoms with Crippen molar-refractivity contribution in [2.24, 2.45) is 5.73 Å². The van der Waals surface area contributed by atoms with Crippen molar-refractivity contribution in [1.29, 1.82) is 0 Å². The molecular formula is C17H24ClN3O2. The summed E-state index contributed by atoms with van der Waals surface area (Å²) in [7, 11) is 0. The first-order valence-corrected chi connectivity index (χ1v) is 8.39. The van der Waals surface area contributed by atoms with E-state index in [-0.39, 0.29) is 17.9 Å². The van der Waals surface area contributed by atoms with Crippen molar-refractivity contribution in [3.05, 3.63) is 34.9 Å². The molecule has 1 aromatic carbocycles. The monoisotopic (exact) mass is 337 g/mol. The fourth-order valence-corrected chi connectivity index (χ4v) is 2.73. The van der Waals surface area contributed by atoms with Crippen LogP contribution in [0, 0.1) is 0 Å². The number of rotatable bonds is 5. The van der Waals surface area contributed by atoms with E-state index >= 15 is 0 Å². The molecule has 23 heavy (non-hydrogen) atoms. The van der Waals surface area contributed by atoms with Crippen LogP contribution in [0.4, 0.5) is 0 Å².